The van der Waals surface area contributed by atoms with E-state index in [1.165, 1.54) is 15.6 Å². The maximum Gasteiger partial charge on any atom is 0.407 e. The Morgan fingerprint density at radius 2 is 1.73 bits per heavy atom. The number of hydrogen-bond acceptors (Lipinski definition) is 9. The normalized spacial score (nSPS) is 13.6. The van der Waals surface area contributed by atoms with Crippen molar-refractivity contribution < 1.29 is 23.1 Å². The van der Waals surface area contributed by atoms with Gasteiger partial charge in [-0.25, -0.2) is 18.2 Å². The first kappa shape index (κ1) is 33.3. The SMILES string of the molecule is CC(C)CN(C[C@@H](O)[C@H](Cc1ccccc1)NC(=O)OC(C)(C)C)S(=O)(=O)c1ccc2nc(NCc3ccncc3)sc2c1. The molecule has 2 heterocycles. The van der Waals surface area contributed by atoms with Crippen LogP contribution in [0.3, 0.4) is 0 Å². The highest BCUT2D eigenvalue weighted by Gasteiger charge is 2.32. The van der Waals surface area contributed by atoms with Gasteiger partial charge >= 0.3 is 6.09 Å². The second-order valence-corrected chi connectivity index (χ2v) is 15.1. The summed E-state index contributed by atoms with van der Waals surface area (Å²) < 4.78 is 35.5. The number of aliphatic hydroxyl groups excluding tert-OH is 1. The first-order valence-corrected chi connectivity index (χ1v) is 16.8. The zero-order valence-corrected chi connectivity index (χ0v) is 27.4. The molecular formula is C32H41N5O5S2. The molecule has 0 bridgehead atoms. The minimum absolute atomic E-state index is 0.0144. The largest absolute Gasteiger partial charge is 0.444 e. The molecule has 2 aromatic carbocycles. The quantitative estimate of drug-likeness (QED) is 0.176. The Bertz CT molecular complexity index is 1620. The van der Waals surface area contributed by atoms with E-state index < -0.39 is 33.9 Å². The number of ether oxygens (including phenoxy) is 1. The standard InChI is InChI=1S/C32H41N5O5S2/c1-22(2)20-37(21-28(38)27(17-23-9-7-6-8-10-23)36-31(39)42-32(3,4)5)44(40,41)25-11-12-26-29(18-25)43-30(35-26)34-19-24-13-15-33-16-14-24/h6-16,18,22,27-28,38H,17,19-21H2,1-5H3,(H,34,35)(H,36,39)/t27-,28+/m0/s1. The van der Waals surface area contributed by atoms with Gasteiger partial charge in [-0.1, -0.05) is 55.5 Å². The van der Waals surface area contributed by atoms with Crippen LogP contribution < -0.4 is 10.6 Å². The van der Waals surface area contributed by atoms with Crippen molar-refractivity contribution in [2.45, 2.75) is 70.2 Å². The predicted molar refractivity (Wildman–Crippen MR) is 174 cm³/mol. The van der Waals surface area contributed by atoms with Gasteiger partial charge in [-0.15, -0.1) is 0 Å². The Hall–Kier alpha value is -3.58. The average molecular weight is 640 g/mol. The number of amides is 1. The van der Waals surface area contributed by atoms with Crippen molar-refractivity contribution in [3.05, 3.63) is 84.2 Å². The second-order valence-electron chi connectivity index (χ2n) is 12.1. The first-order chi connectivity index (χ1) is 20.8. The highest BCUT2D eigenvalue weighted by atomic mass is 32.2. The van der Waals surface area contributed by atoms with Crippen LogP contribution in [0.1, 0.15) is 45.7 Å². The molecule has 12 heteroatoms. The number of aromatic nitrogens is 2. The van der Waals surface area contributed by atoms with Crippen molar-refractivity contribution >= 4 is 42.8 Å². The lowest BCUT2D eigenvalue weighted by atomic mass is 10.0. The van der Waals surface area contributed by atoms with E-state index in [2.05, 4.69) is 20.6 Å². The zero-order chi connectivity index (χ0) is 31.9. The molecule has 4 aromatic rings. The van der Waals surface area contributed by atoms with Crippen LogP contribution in [0.25, 0.3) is 10.2 Å². The molecule has 0 saturated carbocycles. The Labute approximate surface area is 263 Å². The highest BCUT2D eigenvalue weighted by molar-refractivity contribution is 7.89. The van der Waals surface area contributed by atoms with Crippen molar-refractivity contribution in [1.29, 1.82) is 0 Å². The van der Waals surface area contributed by atoms with Crippen LogP contribution >= 0.6 is 11.3 Å². The van der Waals surface area contributed by atoms with Crippen LogP contribution in [0, 0.1) is 5.92 Å². The smallest absolute Gasteiger partial charge is 0.407 e. The molecule has 0 aliphatic heterocycles. The van der Waals surface area contributed by atoms with Crippen LogP contribution in [0.2, 0.25) is 0 Å². The molecule has 0 aliphatic carbocycles. The Kier molecular flexibility index (Phi) is 11.0. The van der Waals surface area contributed by atoms with Crippen LogP contribution in [0.5, 0.6) is 0 Å². The van der Waals surface area contributed by atoms with Gasteiger partial charge in [0, 0.05) is 32.0 Å². The molecule has 2 aromatic heterocycles. The number of alkyl carbamates (subject to hydrolysis) is 1. The minimum Gasteiger partial charge on any atom is -0.444 e. The first-order valence-electron chi connectivity index (χ1n) is 14.5. The van der Waals surface area contributed by atoms with E-state index in [4.69, 9.17) is 4.74 Å². The number of sulfonamides is 1. The van der Waals surface area contributed by atoms with Crippen LogP contribution in [0.4, 0.5) is 9.93 Å². The molecule has 0 radical (unpaired) electrons. The number of carbonyl (C=O) groups is 1. The van der Waals surface area contributed by atoms with Gasteiger partial charge in [0.15, 0.2) is 5.13 Å². The summed E-state index contributed by atoms with van der Waals surface area (Å²) in [7, 11) is -4.01. The molecule has 236 valence electrons. The topological polar surface area (TPSA) is 134 Å². The molecule has 44 heavy (non-hydrogen) atoms. The van der Waals surface area contributed by atoms with Gasteiger partial charge in [0.05, 0.1) is 27.3 Å². The third kappa shape index (κ3) is 9.46. The number of pyridine rings is 1. The van der Waals surface area contributed by atoms with E-state index in [1.807, 2.05) is 56.3 Å². The number of rotatable bonds is 13. The fourth-order valence-corrected chi connectivity index (χ4v) is 7.22. The van der Waals surface area contributed by atoms with E-state index in [0.717, 1.165) is 15.8 Å². The molecule has 2 atom stereocenters. The fourth-order valence-electron chi connectivity index (χ4n) is 4.59. The maximum atomic E-state index is 14.0. The maximum absolute atomic E-state index is 14.0. The van der Waals surface area contributed by atoms with E-state index >= 15 is 0 Å². The van der Waals surface area contributed by atoms with Gasteiger partial charge in [0.25, 0.3) is 0 Å². The van der Waals surface area contributed by atoms with E-state index in [-0.39, 0.29) is 23.9 Å². The van der Waals surface area contributed by atoms with Crippen LogP contribution in [-0.2, 0) is 27.7 Å². The number of nitrogens with one attached hydrogen (secondary N) is 2. The third-order valence-corrected chi connectivity index (χ3v) is 9.42. The molecule has 4 rings (SSSR count). The summed E-state index contributed by atoms with van der Waals surface area (Å²) in [4.78, 5) is 21.5. The summed E-state index contributed by atoms with van der Waals surface area (Å²) in [6, 6.07) is 17.3. The van der Waals surface area contributed by atoms with Gasteiger partial charge in [0.2, 0.25) is 10.0 Å². The Morgan fingerprint density at radius 1 is 1.02 bits per heavy atom. The molecule has 0 unspecified atom stereocenters. The number of hydrogen-bond donors (Lipinski definition) is 3. The summed E-state index contributed by atoms with van der Waals surface area (Å²) in [5, 5.41) is 18.2. The molecule has 0 spiro atoms. The van der Waals surface area contributed by atoms with Crippen molar-refractivity contribution in [2.75, 3.05) is 18.4 Å². The van der Waals surface area contributed by atoms with Crippen molar-refractivity contribution in [1.82, 2.24) is 19.6 Å². The lowest BCUT2D eigenvalue weighted by molar-refractivity contribution is 0.0400. The number of anilines is 1. The summed E-state index contributed by atoms with van der Waals surface area (Å²) in [6.45, 7) is 9.64. The Morgan fingerprint density at radius 3 is 2.39 bits per heavy atom. The van der Waals surface area contributed by atoms with Gasteiger partial charge in [-0.05, 0) is 74.6 Å². The molecule has 0 aliphatic rings. The average Bonchev–Trinajstić information content (AvgIpc) is 3.37. The molecule has 3 N–H and O–H groups in total. The molecular weight excluding hydrogens is 599 g/mol. The number of thiazole rings is 1. The van der Waals surface area contributed by atoms with Crippen molar-refractivity contribution in [2.24, 2.45) is 5.92 Å². The summed E-state index contributed by atoms with van der Waals surface area (Å²) in [6.07, 6.45) is 1.85. The monoisotopic (exact) mass is 639 g/mol. The predicted octanol–water partition coefficient (Wildman–Crippen LogP) is 5.45. The molecule has 0 saturated heterocycles. The lowest BCUT2D eigenvalue weighted by Crippen LogP contribution is -2.51. The number of carbonyl (C=O) groups excluding carboxylic acids is 1. The molecule has 1 amide bonds. The number of benzene rings is 2. The van der Waals surface area contributed by atoms with E-state index in [0.29, 0.717) is 23.6 Å². The summed E-state index contributed by atoms with van der Waals surface area (Å²) in [5.74, 6) is -0.0144. The minimum atomic E-state index is -4.01. The van der Waals surface area contributed by atoms with Gasteiger partial charge in [-0.3, -0.25) is 4.98 Å². The molecule has 0 fully saturated rings. The zero-order valence-electron chi connectivity index (χ0n) is 25.7. The van der Waals surface area contributed by atoms with Crippen molar-refractivity contribution in [3.63, 3.8) is 0 Å². The molecule has 10 nitrogen and oxygen atoms in total. The Balaban J connectivity index is 1.56. The van der Waals surface area contributed by atoms with Gasteiger partial charge in [-0.2, -0.15) is 4.31 Å². The van der Waals surface area contributed by atoms with Crippen LogP contribution in [-0.4, -0.2) is 64.7 Å². The number of nitrogens with zero attached hydrogens (tertiary/aromatic N) is 3. The van der Waals surface area contributed by atoms with Crippen molar-refractivity contribution in [3.8, 4) is 0 Å². The summed E-state index contributed by atoms with van der Waals surface area (Å²) >= 11 is 1.37. The van der Waals surface area contributed by atoms with E-state index in [1.54, 1.807) is 51.4 Å². The van der Waals surface area contributed by atoms with Gasteiger partial charge < -0.3 is 20.5 Å². The third-order valence-electron chi connectivity index (χ3n) is 6.62. The van der Waals surface area contributed by atoms with Gasteiger partial charge in [0.1, 0.15) is 5.60 Å². The fraction of sp³-hybridized carbons (Fsp3) is 0.406. The summed E-state index contributed by atoms with van der Waals surface area (Å²) in [5.41, 5.74) is 1.89. The second kappa shape index (κ2) is 14.5. The van der Waals surface area contributed by atoms with E-state index in [9.17, 15) is 18.3 Å². The number of fused-ring (bicyclic) bond motifs is 1. The highest BCUT2D eigenvalue weighted by Crippen LogP contribution is 2.30. The van der Waals surface area contributed by atoms with Crippen LogP contribution in [0.15, 0.2) is 78.0 Å². The lowest BCUT2D eigenvalue weighted by Gasteiger charge is -2.31. The number of aliphatic hydroxyl groups is 1.